The maximum absolute atomic E-state index is 11.7. The van der Waals surface area contributed by atoms with E-state index in [-0.39, 0.29) is 5.78 Å². The second-order valence-corrected chi connectivity index (χ2v) is 5.59. The zero-order valence-electron chi connectivity index (χ0n) is 10.8. The first-order valence-corrected chi connectivity index (χ1v) is 7.00. The van der Waals surface area contributed by atoms with Crippen LogP contribution in [0.5, 0.6) is 0 Å². The van der Waals surface area contributed by atoms with Crippen molar-refractivity contribution in [3.63, 3.8) is 0 Å². The van der Waals surface area contributed by atoms with E-state index in [0.29, 0.717) is 6.04 Å². The molecule has 98 valence electrons. The fourth-order valence-corrected chi connectivity index (χ4v) is 2.73. The molecule has 0 aromatic heterocycles. The number of hydrogen-bond donors (Lipinski definition) is 0. The van der Waals surface area contributed by atoms with Gasteiger partial charge in [0.1, 0.15) is 0 Å². The first-order chi connectivity index (χ1) is 8.59. The summed E-state index contributed by atoms with van der Waals surface area (Å²) in [7, 11) is 2.06. The van der Waals surface area contributed by atoms with Gasteiger partial charge in [-0.3, -0.25) is 4.79 Å². The van der Waals surface area contributed by atoms with Crippen LogP contribution in [0.4, 0.5) is 5.69 Å². The van der Waals surface area contributed by atoms with Crippen LogP contribution < -0.4 is 4.90 Å². The van der Waals surface area contributed by atoms with Gasteiger partial charge in [-0.25, -0.2) is 0 Å². The Hall–Kier alpha value is -0.870. The van der Waals surface area contributed by atoms with Crippen LogP contribution in [0.1, 0.15) is 30.1 Å². The highest BCUT2D eigenvalue weighted by Gasteiger charge is 2.21. The second kappa shape index (κ2) is 5.85. The third-order valence-corrected chi connectivity index (χ3v) is 3.95. The van der Waals surface area contributed by atoms with E-state index < -0.39 is 0 Å². The number of halogens is 1. The molecule has 1 fully saturated rings. The molecule has 0 atom stereocenters. The molecular weight excluding hydrogens is 294 g/mol. The van der Waals surface area contributed by atoms with Crippen LogP contribution in [-0.4, -0.2) is 32.1 Å². The summed E-state index contributed by atoms with van der Waals surface area (Å²) in [6.45, 7) is 3.23. The van der Waals surface area contributed by atoms with Crippen molar-refractivity contribution in [1.29, 1.82) is 0 Å². The number of rotatable bonds is 3. The van der Waals surface area contributed by atoms with E-state index in [2.05, 4.69) is 27.9 Å². The molecule has 3 nitrogen and oxygen atoms in total. The lowest BCUT2D eigenvalue weighted by molar-refractivity contribution is 0.0854. The Kier molecular flexibility index (Phi) is 4.40. The van der Waals surface area contributed by atoms with E-state index in [1.807, 2.05) is 18.2 Å². The minimum absolute atomic E-state index is 0.102. The molecule has 18 heavy (non-hydrogen) atoms. The molecule has 1 aromatic carbocycles. The molecule has 0 N–H and O–H groups in total. The maximum atomic E-state index is 11.7. The van der Waals surface area contributed by atoms with Gasteiger partial charge in [0.25, 0.3) is 0 Å². The van der Waals surface area contributed by atoms with Crippen molar-refractivity contribution in [3.8, 4) is 0 Å². The topological polar surface area (TPSA) is 29.5 Å². The molecule has 0 spiro atoms. The van der Waals surface area contributed by atoms with E-state index in [0.717, 1.165) is 41.8 Å². The van der Waals surface area contributed by atoms with Crippen molar-refractivity contribution in [2.24, 2.45) is 0 Å². The number of carbonyl (C=O) groups excluding carboxylic acids is 1. The highest BCUT2D eigenvalue weighted by Crippen LogP contribution is 2.28. The summed E-state index contributed by atoms with van der Waals surface area (Å²) in [5.74, 6) is 0.102. The molecule has 1 aliphatic rings. The monoisotopic (exact) mass is 311 g/mol. The highest BCUT2D eigenvalue weighted by atomic mass is 79.9. The number of ketones is 1. The van der Waals surface area contributed by atoms with Crippen LogP contribution in [-0.2, 0) is 4.74 Å². The lowest BCUT2D eigenvalue weighted by atomic mass is 10.0. The lowest BCUT2D eigenvalue weighted by Gasteiger charge is -2.34. The Bertz CT molecular complexity index is 441. The van der Waals surface area contributed by atoms with Crippen LogP contribution in [0, 0.1) is 0 Å². The molecule has 1 aliphatic heterocycles. The average Bonchev–Trinajstić information content (AvgIpc) is 2.39. The molecule has 1 saturated heterocycles. The van der Waals surface area contributed by atoms with E-state index >= 15 is 0 Å². The van der Waals surface area contributed by atoms with Gasteiger partial charge < -0.3 is 9.64 Å². The third kappa shape index (κ3) is 2.93. The molecule has 0 amide bonds. The Labute approximate surface area is 116 Å². The molecule has 0 radical (unpaired) electrons. The summed E-state index contributed by atoms with van der Waals surface area (Å²) in [4.78, 5) is 13.9. The zero-order valence-corrected chi connectivity index (χ0v) is 12.4. The van der Waals surface area contributed by atoms with Gasteiger partial charge in [0.15, 0.2) is 5.78 Å². The minimum Gasteiger partial charge on any atom is -0.381 e. The first kappa shape index (κ1) is 13.6. The molecular formula is C14H18BrNO2. The van der Waals surface area contributed by atoms with Crippen LogP contribution >= 0.6 is 15.9 Å². The van der Waals surface area contributed by atoms with Crippen molar-refractivity contribution in [3.05, 3.63) is 28.2 Å². The largest absolute Gasteiger partial charge is 0.381 e. The number of anilines is 1. The average molecular weight is 312 g/mol. The summed E-state index contributed by atoms with van der Waals surface area (Å²) in [5, 5.41) is 0. The Morgan fingerprint density at radius 1 is 1.39 bits per heavy atom. The van der Waals surface area contributed by atoms with Gasteiger partial charge in [0.2, 0.25) is 0 Å². The minimum atomic E-state index is 0.102. The fourth-order valence-electron chi connectivity index (χ4n) is 2.37. The quantitative estimate of drug-likeness (QED) is 0.802. The normalized spacial score (nSPS) is 16.6. The smallest absolute Gasteiger partial charge is 0.161 e. The number of ether oxygens (including phenoxy) is 1. The van der Waals surface area contributed by atoms with E-state index in [1.165, 1.54) is 0 Å². The van der Waals surface area contributed by atoms with Crippen molar-refractivity contribution in [2.75, 3.05) is 25.2 Å². The predicted molar refractivity (Wildman–Crippen MR) is 76.4 cm³/mol. The van der Waals surface area contributed by atoms with Crippen molar-refractivity contribution >= 4 is 27.4 Å². The van der Waals surface area contributed by atoms with Gasteiger partial charge in [0.05, 0.1) is 0 Å². The number of nitrogens with zero attached hydrogens (tertiary/aromatic N) is 1. The van der Waals surface area contributed by atoms with Crippen LogP contribution in [0.3, 0.4) is 0 Å². The van der Waals surface area contributed by atoms with Crippen LogP contribution in [0.25, 0.3) is 0 Å². The van der Waals surface area contributed by atoms with Gasteiger partial charge in [-0.15, -0.1) is 0 Å². The second-order valence-electron chi connectivity index (χ2n) is 4.67. The molecule has 0 aliphatic carbocycles. The summed E-state index contributed by atoms with van der Waals surface area (Å²) in [6.07, 6.45) is 2.04. The maximum Gasteiger partial charge on any atom is 0.161 e. The summed E-state index contributed by atoms with van der Waals surface area (Å²) in [6, 6.07) is 6.35. The van der Waals surface area contributed by atoms with Gasteiger partial charge in [-0.2, -0.15) is 0 Å². The van der Waals surface area contributed by atoms with Crippen LogP contribution in [0.15, 0.2) is 22.7 Å². The number of carbonyl (C=O) groups is 1. The van der Waals surface area contributed by atoms with Crippen molar-refractivity contribution in [2.45, 2.75) is 25.8 Å². The van der Waals surface area contributed by atoms with E-state index in [4.69, 9.17) is 4.74 Å². The Morgan fingerprint density at radius 2 is 2.06 bits per heavy atom. The molecule has 0 bridgehead atoms. The van der Waals surface area contributed by atoms with Crippen molar-refractivity contribution in [1.82, 2.24) is 0 Å². The molecule has 4 heteroatoms. The summed E-state index contributed by atoms with van der Waals surface area (Å²) < 4.78 is 6.32. The van der Waals surface area contributed by atoms with Gasteiger partial charge in [-0.1, -0.05) is 15.9 Å². The first-order valence-electron chi connectivity index (χ1n) is 6.20. The molecule has 0 unspecified atom stereocenters. The highest BCUT2D eigenvalue weighted by molar-refractivity contribution is 9.10. The van der Waals surface area contributed by atoms with E-state index in [9.17, 15) is 4.79 Å². The molecule has 1 aromatic rings. The summed E-state index contributed by atoms with van der Waals surface area (Å²) in [5.41, 5.74) is 1.79. The SMILES string of the molecule is CC(=O)c1cc(Br)ccc1N(C)C1CCOCC1. The number of benzene rings is 1. The fraction of sp³-hybridized carbons (Fsp3) is 0.500. The standard InChI is InChI=1S/C14H18BrNO2/c1-10(17)13-9-11(15)3-4-14(13)16(2)12-5-7-18-8-6-12/h3-4,9,12H,5-8H2,1-2H3. The van der Waals surface area contributed by atoms with E-state index in [1.54, 1.807) is 6.92 Å². The third-order valence-electron chi connectivity index (χ3n) is 3.46. The number of hydrogen-bond acceptors (Lipinski definition) is 3. The van der Waals surface area contributed by atoms with Gasteiger partial charge in [0, 0.05) is 42.0 Å². The molecule has 1 heterocycles. The lowest BCUT2D eigenvalue weighted by Crippen LogP contribution is -2.37. The Morgan fingerprint density at radius 3 is 2.67 bits per heavy atom. The van der Waals surface area contributed by atoms with Crippen LogP contribution in [0.2, 0.25) is 0 Å². The van der Waals surface area contributed by atoms with Gasteiger partial charge >= 0.3 is 0 Å². The molecule has 0 saturated carbocycles. The summed E-state index contributed by atoms with van der Waals surface area (Å²) >= 11 is 3.42. The zero-order chi connectivity index (χ0) is 13.1. The van der Waals surface area contributed by atoms with Gasteiger partial charge in [-0.05, 0) is 38.0 Å². The Balaban J connectivity index is 2.28. The van der Waals surface area contributed by atoms with Crippen molar-refractivity contribution < 1.29 is 9.53 Å². The number of Topliss-reactive ketones (excluding diaryl/α,β-unsaturated/α-hetero) is 1. The predicted octanol–water partition coefficient (Wildman–Crippen LogP) is 3.27. The molecule has 2 rings (SSSR count).